The van der Waals surface area contributed by atoms with Crippen molar-refractivity contribution in [1.29, 1.82) is 0 Å². The summed E-state index contributed by atoms with van der Waals surface area (Å²) in [5.74, 6) is 1.24. The molecule has 4 rings (SSSR count). The quantitative estimate of drug-likeness (QED) is 0.264. The number of carbonyl (C=O) groups is 2. The lowest BCUT2D eigenvalue weighted by Crippen LogP contribution is -2.41. The van der Waals surface area contributed by atoms with Gasteiger partial charge in [0, 0.05) is 32.5 Å². The number of likely N-dealkylation sites (tertiary alicyclic amines) is 2. The number of ether oxygens (including phenoxy) is 3. The molecule has 0 atom stereocenters. The third-order valence-electron chi connectivity index (χ3n) is 7.87. The van der Waals surface area contributed by atoms with Gasteiger partial charge in [-0.15, -0.1) is 0 Å². The van der Waals surface area contributed by atoms with Gasteiger partial charge in [-0.3, -0.25) is 14.5 Å². The number of piperidine rings is 1. The van der Waals surface area contributed by atoms with E-state index in [4.69, 9.17) is 14.2 Å². The van der Waals surface area contributed by atoms with Crippen molar-refractivity contribution in [3.63, 3.8) is 0 Å². The molecule has 0 N–H and O–H groups in total. The molecule has 2 aromatic rings. The first-order valence-electron chi connectivity index (χ1n) is 14.1. The molecule has 0 radical (unpaired) electrons. The van der Waals surface area contributed by atoms with Crippen molar-refractivity contribution in [2.75, 3.05) is 46.5 Å². The highest BCUT2D eigenvalue weighted by Gasteiger charge is 2.44. The van der Waals surface area contributed by atoms with E-state index < -0.39 is 0 Å². The number of unbranched alkanes of at least 4 members (excludes halogenated alkanes) is 1. The molecule has 0 bridgehead atoms. The van der Waals surface area contributed by atoms with Gasteiger partial charge in [0.25, 0.3) is 0 Å². The average molecular weight is 541 g/mol. The van der Waals surface area contributed by atoms with Crippen LogP contribution < -0.4 is 9.47 Å². The van der Waals surface area contributed by atoms with Crippen LogP contribution in [-0.2, 0) is 20.9 Å². The standard InChI is InChI=1S/C31H41FN2O5/c1-4-38-26-18-23(19-27(39-5-2)30(26)24-9-11-25(32)12-10-24)21-33-16-13-31(14-17-33)20-28(35)34(22-31)15-7-6-8-29(36)37-3/h9-12,18-19H,4-8,13-17,20-22H2,1-3H3. The Balaban J connectivity index is 1.39. The van der Waals surface area contributed by atoms with Gasteiger partial charge in [0.15, 0.2) is 0 Å². The van der Waals surface area contributed by atoms with Crippen LogP contribution in [0.4, 0.5) is 4.39 Å². The SMILES string of the molecule is CCOc1cc(CN2CCC3(CC2)CC(=O)N(CCCCC(=O)OC)C3)cc(OCC)c1-c1ccc(F)cc1. The molecular weight excluding hydrogens is 499 g/mol. The van der Waals surface area contributed by atoms with Crippen LogP contribution in [0.25, 0.3) is 11.1 Å². The Morgan fingerprint density at radius 2 is 1.64 bits per heavy atom. The fourth-order valence-corrected chi connectivity index (χ4v) is 5.81. The van der Waals surface area contributed by atoms with Gasteiger partial charge in [-0.2, -0.15) is 0 Å². The summed E-state index contributed by atoms with van der Waals surface area (Å²) >= 11 is 0. The van der Waals surface area contributed by atoms with Crippen molar-refractivity contribution >= 4 is 11.9 Å². The maximum absolute atomic E-state index is 13.6. The summed E-state index contributed by atoms with van der Waals surface area (Å²) in [6.07, 6.45) is 4.56. The van der Waals surface area contributed by atoms with Crippen LogP contribution in [0.5, 0.6) is 11.5 Å². The highest BCUT2D eigenvalue weighted by atomic mass is 19.1. The lowest BCUT2D eigenvalue weighted by atomic mass is 9.77. The molecule has 39 heavy (non-hydrogen) atoms. The third kappa shape index (κ3) is 7.29. The molecule has 2 saturated heterocycles. The van der Waals surface area contributed by atoms with E-state index in [-0.39, 0.29) is 23.1 Å². The predicted octanol–water partition coefficient (Wildman–Crippen LogP) is 5.45. The molecule has 1 amide bonds. The lowest BCUT2D eigenvalue weighted by Gasteiger charge is -2.39. The van der Waals surface area contributed by atoms with Crippen LogP contribution in [0.15, 0.2) is 36.4 Å². The Kier molecular flexibility index (Phi) is 9.83. The molecule has 2 heterocycles. The van der Waals surface area contributed by atoms with E-state index in [1.165, 1.54) is 19.2 Å². The molecular formula is C31H41FN2O5. The van der Waals surface area contributed by atoms with E-state index in [1.54, 1.807) is 12.1 Å². The summed E-state index contributed by atoms with van der Waals surface area (Å²) in [6, 6.07) is 10.6. The van der Waals surface area contributed by atoms with E-state index in [0.717, 1.165) is 80.1 Å². The number of carbonyl (C=O) groups excluding carboxylic acids is 2. The summed E-state index contributed by atoms with van der Waals surface area (Å²) in [5, 5.41) is 0. The largest absolute Gasteiger partial charge is 0.493 e. The highest BCUT2D eigenvalue weighted by molar-refractivity contribution is 5.79. The van der Waals surface area contributed by atoms with Gasteiger partial charge in [-0.05, 0) is 93.4 Å². The number of esters is 1. The molecule has 1 spiro atoms. The second kappa shape index (κ2) is 13.3. The Morgan fingerprint density at radius 3 is 2.23 bits per heavy atom. The van der Waals surface area contributed by atoms with E-state index in [1.807, 2.05) is 18.7 Å². The molecule has 2 fully saturated rings. The predicted molar refractivity (Wildman–Crippen MR) is 148 cm³/mol. The van der Waals surface area contributed by atoms with E-state index in [0.29, 0.717) is 32.6 Å². The fraction of sp³-hybridized carbons (Fsp3) is 0.548. The highest BCUT2D eigenvalue weighted by Crippen LogP contribution is 2.43. The number of benzene rings is 2. The average Bonchev–Trinajstić information content (AvgIpc) is 3.23. The van der Waals surface area contributed by atoms with Crippen LogP contribution in [0.1, 0.15) is 57.9 Å². The number of nitrogens with zero attached hydrogens (tertiary/aromatic N) is 2. The molecule has 212 valence electrons. The Hall–Kier alpha value is -3.13. The Bertz CT molecular complexity index is 1100. The molecule has 7 nitrogen and oxygen atoms in total. The Labute approximate surface area is 231 Å². The summed E-state index contributed by atoms with van der Waals surface area (Å²) in [5.41, 5.74) is 2.86. The normalized spacial score (nSPS) is 17.0. The van der Waals surface area contributed by atoms with E-state index >= 15 is 0 Å². The topological polar surface area (TPSA) is 68.3 Å². The van der Waals surface area contributed by atoms with Crippen LogP contribution in [0.3, 0.4) is 0 Å². The zero-order valence-corrected chi connectivity index (χ0v) is 23.5. The number of hydrogen-bond acceptors (Lipinski definition) is 6. The summed E-state index contributed by atoms with van der Waals surface area (Å²) < 4.78 is 30.4. The minimum Gasteiger partial charge on any atom is -0.493 e. The summed E-state index contributed by atoms with van der Waals surface area (Å²) in [6.45, 7) is 9.09. The number of halogens is 1. The molecule has 2 aromatic carbocycles. The molecule has 0 saturated carbocycles. The van der Waals surface area contributed by atoms with E-state index in [9.17, 15) is 14.0 Å². The van der Waals surface area contributed by atoms with Crippen LogP contribution in [-0.4, -0.2) is 68.2 Å². The van der Waals surface area contributed by atoms with Gasteiger partial charge < -0.3 is 19.1 Å². The zero-order valence-electron chi connectivity index (χ0n) is 23.5. The van der Waals surface area contributed by atoms with Crippen molar-refractivity contribution in [3.8, 4) is 22.6 Å². The molecule has 0 aromatic heterocycles. The first kappa shape index (κ1) is 28.9. The van der Waals surface area contributed by atoms with E-state index in [2.05, 4.69) is 17.0 Å². The van der Waals surface area contributed by atoms with Crippen molar-refractivity contribution in [1.82, 2.24) is 9.80 Å². The maximum Gasteiger partial charge on any atom is 0.305 e. The van der Waals surface area contributed by atoms with Crippen LogP contribution in [0.2, 0.25) is 0 Å². The molecule has 2 aliphatic rings. The maximum atomic E-state index is 13.6. The van der Waals surface area contributed by atoms with Gasteiger partial charge in [-0.25, -0.2) is 4.39 Å². The van der Waals surface area contributed by atoms with Gasteiger partial charge in [-0.1, -0.05) is 12.1 Å². The van der Waals surface area contributed by atoms with Crippen molar-refractivity contribution in [3.05, 3.63) is 47.8 Å². The molecule has 2 aliphatic heterocycles. The summed E-state index contributed by atoms with van der Waals surface area (Å²) in [7, 11) is 1.40. The Morgan fingerprint density at radius 1 is 1.00 bits per heavy atom. The number of amides is 1. The monoisotopic (exact) mass is 540 g/mol. The smallest absolute Gasteiger partial charge is 0.305 e. The number of hydrogen-bond donors (Lipinski definition) is 0. The van der Waals surface area contributed by atoms with Gasteiger partial charge in [0.1, 0.15) is 17.3 Å². The number of rotatable bonds is 12. The first-order chi connectivity index (χ1) is 18.9. The van der Waals surface area contributed by atoms with Gasteiger partial charge >= 0.3 is 5.97 Å². The zero-order chi connectivity index (χ0) is 27.8. The van der Waals surface area contributed by atoms with Crippen LogP contribution in [0, 0.1) is 11.2 Å². The second-order valence-corrected chi connectivity index (χ2v) is 10.6. The number of methoxy groups -OCH3 is 1. The lowest BCUT2D eigenvalue weighted by molar-refractivity contribution is -0.140. The summed E-state index contributed by atoms with van der Waals surface area (Å²) in [4.78, 5) is 28.5. The van der Waals surface area contributed by atoms with Crippen LogP contribution >= 0.6 is 0 Å². The molecule has 8 heteroatoms. The third-order valence-corrected chi connectivity index (χ3v) is 7.87. The minimum atomic E-state index is -0.278. The van der Waals surface area contributed by atoms with Gasteiger partial charge in [0.05, 0.1) is 25.9 Å². The molecule has 0 unspecified atom stereocenters. The second-order valence-electron chi connectivity index (χ2n) is 10.6. The van der Waals surface area contributed by atoms with Gasteiger partial charge in [0.2, 0.25) is 5.91 Å². The van der Waals surface area contributed by atoms with Crippen molar-refractivity contribution in [2.45, 2.75) is 58.9 Å². The van der Waals surface area contributed by atoms with Crippen molar-refractivity contribution in [2.24, 2.45) is 5.41 Å². The first-order valence-corrected chi connectivity index (χ1v) is 14.1. The fourth-order valence-electron chi connectivity index (χ4n) is 5.81. The van der Waals surface area contributed by atoms with Crippen molar-refractivity contribution < 1.29 is 28.2 Å². The molecule has 0 aliphatic carbocycles. The minimum absolute atomic E-state index is 0.0509.